The highest BCUT2D eigenvalue weighted by Crippen LogP contribution is 2.23. The van der Waals surface area contributed by atoms with Crippen molar-refractivity contribution < 1.29 is 9.32 Å². The molecule has 1 fully saturated rings. The molecule has 25 heavy (non-hydrogen) atoms. The van der Waals surface area contributed by atoms with E-state index in [1.54, 1.807) is 4.90 Å². The number of nitrogens with zero attached hydrogens (tertiary/aromatic N) is 3. The van der Waals surface area contributed by atoms with Crippen molar-refractivity contribution in [3.05, 3.63) is 48.4 Å². The van der Waals surface area contributed by atoms with E-state index in [2.05, 4.69) is 22.3 Å². The van der Waals surface area contributed by atoms with Crippen molar-refractivity contribution in [3.63, 3.8) is 0 Å². The number of carbonyl (C=O) groups excluding carboxylic acids is 1. The van der Waals surface area contributed by atoms with Crippen molar-refractivity contribution >= 4 is 16.7 Å². The Bertz CT molecular complexity index is 905. The van der Waals surface area contributed by atoms with Gasteiger partial charge in [0.1, 0.15) is 6.54 Å². The van der Waals surface area contributed by atoms with Crippen LogP contribution in [0.2, 0.25) is 0 Å². The van der Waals surface area contributed by atoms with Crippen LogP contribution in [0.4, 0.5) is 0 Å². The first kappa shape index (κ1) is 15.8. The van der Waals surface area contributed by atoms with E-state index in [0.717, 1.165) is 30.2 Å². The zero-order valence-electron chi connectivity index (χ0n) is 13.9. The predicted molar refractivity (Wildman–Crippen MR) is 94.5 cm³/mol. The van der Waals surface area contributed by atoms with Gasteiger partial charge in [0.2, 0.25) is 17.6 Å². The van der Waals surface area contributed by atoms with Crippen LogP contribution in [0.25, 0.3) is 22.2 Å². The first-order valence-corrected chi connectivity index (χ1v) is 8.57. The lowest BCUT2D eigenvalue weighted by Gasteiger charge is -2.20. The molecule has 0 aliphatic carbocycles. The summed E-state index contributed by atoms with van der Waals surface area (Å²) >= 11 is 0. The maximum absolute atomic E-state index is 12.3. The Morgan fingerprint density at radius 3 is 2.88 bits per heavy atom. The third kappa shape index (κ3) is 3.25. The molecule has 1 aliphatic rings. The van der Waals surface area contributed by atoms with Crippen molar-refractivity contribution in [1.29, 1.82) is 0 Å². The summed E-state index contributed by atoms with van der Waals surface area (Å²) in [6, 6.07) is 13.8. The van der Waals surface area contributed by atoms with Crippen molar-refractivity contribution in [2.24, 2.45) is 5.73 Å². The minimum Gasteiger partial charge on any atom is -0.337 e. The molecule has 1 unspecified atom stereocenters. The molecule has 0 bridgehead atoms. The topological polar surface area (TPSA) is 85.2 Å². The van der Waals surface area contributed by atoms with Gasteiger partial charge in [-0.05, 0) is 36.1 Å². The summed E-state index contributed by atoms with van der Waals surface area (Å²) in [5, 5.41) is 6.36. The van der Waals surface area contributed by atoms with Gasteiger partial charge in [0.15, 0.2) is 0 Å². The number of carbonyl (C=O) groups is 1. The highest BCUT2D eigenvalue weighted by Gasteiger charge is 2.25. The van der Waals surface area contributed by atoms with Crippen LogP contribution in [0.1, 0.15) is 25.2 Å². The van der Waals surface area contributed by atoms with Gasteiger partial charge in [-0.1, -0.05) is 41.6 Å². The highest BCUT2D eigenvalue weighted by molar-refractivity contribution is 5.86. The number of rotatable bonds is 3. The molecule has 1 aliphatic heterocycles. The van der Waals surface area contributed by atoms with Gasteiger partial charge in [0.05, 0.1) is 6.04 Å². The maximum atomic E-state index is 12.3. The van der Waals surface area contributed by atoms with Crippen LogP contribution in [0, 0.1) is 0 Å². The van der Waals surface area contributed by atoms with Gasteiger partial charge in [-0.25, -0.2) is 0 Å². The number of hydrogen-bond donors (Lipinski definition) is 1. The van der Waals surface area contributed by atoms with Crippen LogP contribution >= 0.6 is 0 Å². The second-order valence-electron chi connectivity index (χ2n) is 6.44. The van der Waals surface area contributed by atoms with Crippen LogP contribution in [0.15, 0.2) is 47.0 Å². The molecular weight excluding hydrogens is 316 g/mol. The van der Waals surface area contributed by atoms with E-state index in [9.17, 15) is 4.79 Å². The number of fused-ring (bicyclic) bond motifs is 1. The summed E-state index contributed by atoms with van der Waals surface area (Å²) in [5.74, 6) is 0.931. The molecule has 6 heteroatoms. The summed E-state index contributed by atoms with van der Waals surface area (Å²) in [6.07, 6.45) is 2.65. The quantitative estimate of drug-likeness (QED) is 0.795. The SMILES string of the molecule is NC1CCCCN(Cc2nc(-c3ccc4ccccc4c3)no2)C1=O. The molecule has 4 rings (SSSR count). The van der Waals surface area contributed by atoms with E-state index < -0.39 is 6.04 Å². The zero-order chi connectivity index (χ0) is 17.2. The normalized spacial score (nSPS) is 18.5. The Labute approximate surface area is 145 Å². The predicted octanol–water partition coefficient (Wildman–Crippen LogP) is 2.73. The van der Waals surface area contributed by atoms with E-state index in [1.165, 1.54) is 5.39 Å². The van der Waals surface area contributed by atoms with Crippen molar-refractivity contribution in [3.8, 4) is 11.4 Å². The molecule has 2 aromatic carbocycles. The number of hydrogen-bond acceptors (Lipinski definition) is 5. The molecule has 1 amide bonds. The third-order valence-electron chi connectivity index (χ3n) is 4.62. The molecule has 1 saturated heterocycles. The summed E-state index contributed by atoms with van der Waals surface area (Å²) < 4.78 is 5.36. The molecule has 3 aromatic rings. The fraction of sp³-hybridized carbons (Fsp3) is 0.316. The number of amides is 1. The zero-order valence-corrected chi connectivity index (χ0v) is 13.9. The Kier molecular flexibility index (Phi) is 4.19. The summed E-state index contributed by atoms with van der Waals surface area (Å²) in [7, 11) is 0. The maximum Gasteiger partial charge on any atom is 0.246 e. The van der Waals surface area contributed by atoms with E-state index in [1.807, 2.05) is 30.3 Å². The number of aromatic nitrogens is 2. The molecule has 128 valence electrons. The van der Waals surface area contributed by atoms with E-state index in [0.29, 0.717) is 24.8 Å². The number of nitrogens with two attached hydrogens (primary N) is 1. The highest BCUT2D eigenvalue weighted by atomic mass is 16.5. The second kappa shape index (κ2) is 6.64. The third-order valence-corrected chi connectivity index (χ3v) is 4.62. The van der Waals surface area contributed by atoms with Gasteiger partial charge < -0.3 is 15.2 Å². The fourth-order valence-corrected chi connectivity index (χ4v) is 3.22. The Balaban J connectivity index is 1.55. The number of likely N-dealkylation sites (tertiary alicyclic amines) is 1. The summed E-state index contributed by atoms with van der Waals surface area (Å²) in [5.41, 5.74) is 6.81. The van der Waals surface area contributed by atoms with E-state index in [4.69, 9.17) is 10.3 Å². The standard InChI is InChI=1S/C19H20N4O2/c20-16-7-3-4-10-23(19(16)24)12-17-21-18(22-25-17)15-9-8-13-5-1-2-6-14(13)11-15/h1-2,5-6,8-9,11,16H,3-4,7,10,12,20H2. The molecule has 0 radical (unpaired) electrons. The largest absolute Gasteiger partial charge is 0.337 e. The van der Waals surface area contributed by atoms with Crippen molar-refractivity contribution in [2.45, 2.75) is 31.8 Å². The van der Waals surface area contributed by atoms with Crippen LogP contribution < -0.4 is 5.73 Å². The fourth-order valence-electron chi connectivity index (χ4n) is 3.22. The minimum absolute atomic E-state index is 0.0389. The minimum atomic E-state index is -0.426. The van der Waals surface area contributed by atoms with Gasteiger partial charge in [0.25, 0.3) is 0 Å². The lowest BCUT2D eigenvalue weighted by molar-refractivity contribution is -0.133. The van der Waals surface area contributed by atoms with Gasteiger partial charge >= 0.3 is 0 Å². The first-order chi connectivity index (χ1) is 12.2. The Morgan fingerprint density at radius 1 is 1.16 bits per heavy atom. The molecule has 2 N–H and O–H groups in total. The average Bonchev–Trinajstić information content (AvgIpc) is 3.05. The van der Waals surface area contributed by atoms with Crippen LogP contribution in [0.5, 0.6) is 0 Å². The van der Waals surface area contributed by atoms with Crippen LogP contribution in [0.3, 0.4) is 0 Å². The van der Waals surface area contributed by atoms with Crippen molar-refractivity contribution in [1.82, 2.24) is 15.0 Å². The monoisotopic (exact) mass is 336 g/mol. The molecule has 1 atom stereocenters. The average molecular weight is 336 g/mol. The molecule has 2 heterocycles. The van der Waals surface area contributed by atoms with Crippen molar-refractivity contribution in [2.75, 3.05) is 6.54 Å². The van der Waals surface area contributed by atoms with E-state index in [-0.39, 0.29) is 5.91 Å². The molecule has 6 nitrogen and oxygen atoms in total. The summed E-state index contributed by atoms with van der Waals surface area (Å²) in [6.45, 7) is 0.993. The lowest BCUT2D eigenvalue weighted by Crippen LogP contribution is -2.41. The van der Waals surface area contributed by atoms with Crippen LogP contribution in [-0.2, 0) is 11.3 Å². The Hall–Kier alpha value is -2.73. The first-order valence-electron chi connectivity index (χ1n) is 8.57. The molecule has 0 spiro atoms. The molecule has 0 saturated carbocycles. The smallest absolute Gasteiger partial charge is 0.246 e. The Morgan fingerprint density at radius 2 is 2.00 bits per heavy atom. The second-order valence-corrected chi connectivity index (χ2v) is 6.44. The summed E-state index contributed by atoms with van der Waals surface area (Å²) in [4.78, 5) is 18.5. The number of benzene rings is 2. The van der Waals surface area contributed by atoms with Gasteiger partial charge in [-0.15, -0.1) is 0 Å². The van der Waals surface area contributed by atoms with Gasteiger partial charge in [-0.3, -0.25) is 4.79 Å². The van der Waals surface area contributed by atoms with Gasteiger partial charge in [0, 0.05) is 12.1 Å². The van der Waals surface area contributed by atoms with Gasteiger partial charge in [-0.2, -0.15) is 4.98 Å². The molecule has 1 aromatic heterocycles. The molecular formula is C19H20N4O2. The van der Waals surface area contributed by atoms with Crippen LogP contribution in [-0.4, -0.2) is 33.5 Å². The lowest BCUT2D eigenvalue weighted by atomic mass is 10.1. The van der Waals surface area contributed by atoms with E-state index >= 15 is 0 Å².